The second-order valence-electron chi connectivity index (χ2n) is 4.48. The van der Waals surface area contributed by atoms with Gasteiger partial charge in [-0.15, -0.1) is 0 Å². The van der Waals surface area contributed by atoms with Crippen molar-refractivity contribution < 1.29 is 9.84 Å². The van der Waals surface area contributed by atoms with E-state index in [-0.39, 0.29) is 12.6 Å². The molecular weight excluding hydrogens is 240 g/mol. The average molecular weight is 260 g/mol. The number of anilines is 1. The van der Waals surface area contributed by atoms with Crippen LogP contribution in [0.25, 0.3) is 10.8 Å². The standard InChI is InChI=1S/C15H20N2O2/c1-3-11(8-10-18)17-15-13-5-4-6-14(19-2)12(13)7-9-16-15/h4-7,9,11,18H,3,8,10H2,1-2H3,(H,16,17). The quantitative estimate of drug-likeness (QED) is 0.838. The van der Waals surface area contributed by atoms with Crippen molar-refractivity contribution in [3.05, 3.63) is 30.5 Å². The zero-order chi connectivity index (χ0) is 13.7. The van der Waals surface area contributed by atoms with E-state index < -0.39 is 0 Å². The highest BCUT2D eigenvalue weighted by Crippen LogP contribution is 2.29. The Labute approximate surface area is 113 Å². The molecule has 0 saturated carbocycles. The number of rotatable bonds is 6. The fourth-order valence-corrected chi connectivity index (χ4v) is 2.20. The van der Waals surface area contributed by atoms with Crippen LogP contribution in [0.2, 0.25) is 0 Å². The molecule has 0 aliphatic heterocycles. The predicted molar refractivity (Wildman–Crippen MR) is 77.7 cm³/mol. The van der Waals surface area contributed by atoms with E-state index in [9.17, 15) is 0 Å². The molecule has 4 heteroatoms. The lowest BCUT2D eigenvalue weighted by Gasteiger charge is -2.18. The molecule has 1 atom stereocenters. The Balaban J connectivity index is 2.38. The lowest BCUT2D eigenvalue weighted by molar-refractivity contribution is 0.278. The molecule has 102 valence electrons. The number of aliphatic hydroxyl groups is 1. The number of fused-ring (bicyclic) bond motifs is 1. The first kappa shape index (κ1) is 13.6. The van der Waals surface area contributed by atoms with Gasteiger partial charge in [-0.1, -0.05) is 19.1 Å². The molecule has 19 heavy (non-hydrogen) atoms. The number of hydrogen-bond donors (Lipinski definition) is 2. The summed E-state index contributed by atoms with van der Waals surface area (Å²) < 4.78 is 5.37. The summed E-state index contributed by atoms with van der Waals surface area (Å²) in [6, 6.07) is 8.11. The first-order valence-corrected chi connectivity index (χ1v) is 6.59. The Kier molecular flexibility index (Phi) is 4.58. The van der Waals surface area contributed by atoms with Gasteiger partial charge < -0.3 is 15.2 Å². The number of aliphatic hydroxyl groups excluding tert-OH is 1. The topological polar surface area (TPSA) is 54.4 Å². The van der Waals surface area contributed by atoms with Crippen LogP contribution in [0.5, 0.6) is 5.75 Å². The van der Waals surface area contributed by atoms with Crippen LogP contribution in [-0.4, -0.2) is 29.8 Å². The largest absolute Gasteiger partial charge is 0.496 e. The number of hydrogen-bond acceptors (Lipinski definition) is 4. The van der Waals surface area contributed by atoms with Gasteiger partial charge in [-0.2, -0.15) is 0 Å². The first-order chi connectivity index (χ1) is 9.30. The number of methoxy groups -OCH3 is 1. The van der Waals surface area contributed by atoms with Gasteiger partial charge in [0.2, 0.25) is 0 Å². The molecule has 0 spiro atoms. The van der Waals surface area contributed by atoms with Crippen LogP contribution in [0.15, 0.2) is 30.5 Å². The highest BCUT2D eigenvalue weighted by atomic mass is 16.5. The molecule has 0 radical (unpaired) electrons. The highest BCUT2D eigenvalue weighted by Gasteiger charge is 2.10. The summed E-state index contributed by atoms with van der Waals surface area (Å²) >= 11 is 0. The van der Waals surface area contributed by atoms with Gasteiger partial charge >= 0.3 is 0 Å². The average Bonchev–Trinajstić information content (AvgIpc) is 2.46. The Bertz CT molecular complexity index is 543. The minimum absolute atomic E-state index is 0.180. The van der Waals surface area contributed by atoms with E-state index in [0.29, 0.717) is 0 Å². The zero-order valence-corrected chi connectivity index (χ0v) is 11.4. The summed E-state index contributed by atoms with van der Waals surface area (Å²) in [5, 5.41) is 14.5. The van der Waals surface area contributed by atoms with Gasteiger partial charge in [-0.25, -0.2) is 4.98 Å². The van der Waals surface area contributed by atoms with Crippen LogP contribution in [0.4, 0.5) is 5.82 Å². The van der Waals surface area contributed by atoms with Crippen LogP contribution >= 0.6 is 0 Å². The molecule has 0 aliphatic rings. The third-order valence-corrected chi connectivity index (χ3v) is 3.30. The van der Waals surface area contributed by atoms with Crippen LogP contribution in [0, 0.1) is 0 Å². The van der Waals surface area contributed by atoms with Crippen molar-refractivity contribution >= 4 is 16.6 Å². The van der Waals surface area contributed by atoms with Crippen molar-refractivity contribution in [3.8, 4) is 5.75 Å². The summed E-state index contributed by atoms with van der Waals surface area (Å²) in [6.07, 6.45) is 3.44. The second-order valence-corrected chi connectivity index (χ2v) is 4.48. The van der Waals surface area contributed by atoms with Gasteiger partial charge in [0, 0.05) is 29.6 Å². The van der Waals surface area contributed by atoms with Crippen molar-refractivity contribution in [3.63, 3.8) is 0 Å². The molecule has 1 aromatic carbocycles. The second kappa shape index (κ2) is 6.38. The lowest BCUT2D eigenvalue weighted by Crippen LogP contribution is -2.20. The fraction of sp³-hybridized carbons (Fsp3) is 0.400. The Morgan fingerprint density at radius 3 is 2.84 bits per heavy atom. The van der Waals surface area contributed by atoms with E-state index in [1.807, 2.05) is 24.3 Å². The molecule has 2 N–H and O–H groups in total. The van der Waals surface area contributed by atoms with Gasteiger partial charge in [-0.3, -0.25) is 0 Å². The fourth-order valence-electron chi connectivity index (χ4n) is 2.20. The Morgan fingerprint density at radius 1 is 1.32 bits per heavy atom. The Morgan fingerprint density at radius 2 is 2.16 bits per heavy atom. The minimum Gasteiger partial charge on any atom is -0.496 e. The van der Waals surface area contributed by atoms with Gasteiger partial charge in [0.1, 0.15) is 11.6 Å². The smallest absolute Gasteiger partial charge is 0.134 e. The van der Waals surface area contributed by atoms with Crippen LogP contribution in [-0.2, 0) is 0 Å². The van der Waals surface area contributed by atoms with Gasteiger partial charge in [0.15, 0.2) is 0 Å². The molecule has 2 aromatic rings. The molecule has 0 saturated heterocycles. The van der Waals surface area contributed by atoms with E-state index in [1.165, 1.54) is 0 Å². The molecule has 0 amide bonds. The SMILES string of the molecule is CCC(CCO)Nc1nccc2c(OC)cccc12. The van der Waals surface area contributed by atoms with Crippen molar-refractivity contribution in [1.29, 1.82) is 0 Å². The summed E-state index contributed by atoms with van der Waals surface area (Å²) in [5.41, 5.74) is 0. The van der Waals surface area contributed by atoms with Crippen molar-refractivity contribution in [2.75, 3.05) is 19.0 Å². The minimum atomic E-state index is 0.180. The Hall–Kier alpha value is -1.81. The van der Waals surface area contributed by atoms with Crippen molar-refractivity contribution in [2.24, 2.45) is 0 Å². The molecule has 1 heterocycles. The lowest BCUT2D eigenvalue weighted by atomic mass is 10.1. The van der Waals surface area contributed by atoms with Crippen molar-refractivity contribution in [1.82, 2.24) is 4.98 Å². The molecule has 0 fully saturated rings. The van der Waals surface area contributed by atoms with E-state index >= 15 is 0 Å². The highest BCUT2D eigenvalue weighted by molar-refractivity contribution is 5.95. The number of benzene rings is 1. The number of pyridine rings is 1. The normalized spacial score (nSPS) is 12.4. The van der Waals surface area contributed by atoms with E-state index in [4.69, 9.17) is 9.84 Å². The molecular formula is C15H20N2O2. The van der Waals surface area contributed by atoms with Crippen LogP contribution < -0.4 is 10.1 Å². The van der Waals surface area contributed by atoms with Gasteiger partial charge in [0.05, 0.1) is 7.11 Å². The molecule has 1 aromatic heterocycles. The van der Waals surface area contributed by atoms with E-state index in [0.717, 1.165) is 35.2 Å². The number of nitrogens with one attached hydrogen (secondary N) is 1. The molecule has 0 aliphatic carbocycles. The monoisotopic (exact) mass is 260 g/mol. The van der Waals surface area contributed by atoms with Crippen LogP contribution in [0.3, 0.4) is 0 Å². The molecule has 2 rings (SSSR count). The predicted octanol–water partition coefficient (Wildman–Crippen LogP) is 2.82. The summed E-state index contributed by atoms with van der Waals surface area (Å²) in [4.78, 5) is 4.40. The third kappa shape index (κ3) is 2.96. The summed E-state index contributed by atoms with van der Waals surface area (Å²) in [7, 11) is 1.67. The maximum Gasteiger partial charge on any atom is 0.134 e. The number of ether oxygens (including phenoxy) is 1. The maximum atomic E-state index is 9.06. The summed E-state index contributed by atoms with van der Waals surface area (Å²) in [6.45, 7) is 2.28. The van der Waals surface area contributed by atoms with E-state index in [1.54, 1.807) is 13.3 Å². The van der Waals surface area contributed by atoms with Gasteiger partial charge in [-0.05, 0) is 25.0 Å². The van der Waals surface area contributed by atoms with Crippen LogP contribution in [0.1, 0.15) is 19.8 Å². The zero-order valence-electron chi connectivity index (χ0n) is 11.4. The molecule has 4 nitrogen and oxygen atoms in total. The number of nitrogens with zero attached hydrogens (tertiary/aromatic N) is 1. The molecule has 1 unspecified atom stereocenters. The van der Waals surface area contributed by atoms with Crippen molar-refractivity contribution in [2.45, 2.75) is 25.8 Å². The maximum absolute atomic E-state index is 9.06. The van der Waals surface area contributed by atoms with Gasteiger partial charge in [0.25, 0.3) is 0 Å². The third-order valence-electron chi connectivity index (χ3n) is 3.30. The number of aromatic nitrogens is 1. The van der Waals surface area contributed by atoms with E-state index in [2.05, 4.69) is 17.2 Å². The summed E-state index contributed by atoms with van der Waals surface area (Å²) in [5.74, 6) is 1.69. The molecule has 0 bridgehead atoms. The first-order valence-electron chi connectivity index (χ1n) is 6.59.